The molecule has 0 aromatic rings. The molecule has 0 aromatic carbocycles. The van der Waals surface area contributed by atoms with Gasteiger partial charge < -0.3 is 9.47 Å². The molecule has 4 atom stereocenters. The van der Waals surface area contributed by atoms with Gasteiger partial charge in [-0.2, -0.15) is 0 Å². The fraction of sp³-hybridized carbons (Fsp3) is 0.950. The van der Waals surface area contributed by atoms with Crippen LogP contribution in [0.2, 0.25) is 0 Å². The van der Waals surface area contributed by atoms with Gasteiger partial charge in [0.15, 0.2) is 0 Å². The molecule has 0 aliphatic heterocycles. The van der Waals surface area contributed by atoms with E-state index in [0.717, 1.165) is 31.6 Å². The fourth-order valence-corrected chi connectivity index (χ4v) is 5.25. The summed E-state index contributed by atoms with van der Waals surface area (Å²) in [6.07, 6.45) is 9.04. The minimum absolute atomic E-state index is 0.112. The van der Waals surface area contributed by atoms with E-state index < -0.39 is 0 Å². The first kappa shape index (κ1) is 18.9. The Kier molecular flexibility index (Phi) is 6.29. The van der Waals surface area contributed by atoms with Crippen LogP contribution in [0.25, 0.3) is 0 Å². The molecule has 0 radical (unpaired) electrons. The minimum Gasteiger partial charge on any atom is -0.359 e. The van der Waals surface area contributed by atoms with Gasteiger partial charge in [0, 0.05) is 19.4 Å². The van der Waals surface area contributed by atoms with Gasteiger partial charge in [0.2, 0.25) is 0 Å². The summed E-state index contributed by atoms with van der Waals surface area (Å²) in [5.41, 5.74) is 0.162. The Morgan fingerprint density at radius 1 is 1.35 bits per heavy atom. The number of hydrogen-bond acceptors (Lipinski definition) is 3. The molecule has 3 heteroatoms. The molecule has 23 heavy (non-hydrogen) atoms. The summed E-state index contributed by atoms with van der Waals surface area (Å²) >= 11 is 0. The van der Waals surface area contributed by atoms with Crippen LogP contribution in [-0.2, 0) is 14.3 Å². The molecule has 0 saturated heterocycles. The summed E-state index contributed by atoms with van der Waals surface area (Å²) in [6, 6.07) is 0. The van der Waals surface area contributed by atoms with Crippen molar-refractivity contribution in [3.8, 4) is 0 Å². The van der Waals surface area contributed by atoms with Crippen LogP contribution < -0.4 is 0 Å². The molecule has 2 saturated carbocycles. The number of ketones is 1. The lowest BCUT2D eigenvalue weighted by atomic mass is 9.62. The Hall–Kier alpha value is -0.410. The Morgan fingerprint density at radius 3 is 2.78 bits per heavy atom. The quantitative estimate of drug-likeness (QED) is 0.591. The summed E-state index contributed by atoms with van der Waals surface area (Å²) in [6.45, 7) is 9.45. The molecule has 2 rings (SSSR count). The fourth-order valence-electron chi connectivity index (χ4n) is 5.25. The van der Waals surface area contributed by atoms with Crippen molar-refractivity contribution in [2.45, 2.75) is 84.7 Å². The Bertz CT molecular complexity index is 404. The van der Waals surface area contributed by atoms with Crippen LogP contribution in [0.3, 0.4) is 0 Å². The predicted octanol–water partition coefficient (Wildman–Crippen LogP) is 4.98. The highest BCUT2D eigenvalue weighted by molar-refractivity contribution is 5.83. The van der Waals surface area contributed by atoms with E-state index in [-0.39, 0.29) is 11.0 Å². The van der Waals surface area contributed by atoms with Crippen molar-refractivity contribution in [2.75, 3.05) is 13.9 Å². The van der Waals surface area contributed by atoms with Crippen molar-refractivity contribution in [1.29, 1.82) is 0 Å². The third-order valence-corrected chi connectivity index (χ3v) is 6.63. The van der Waals surface area contributed by atoms with Gasteiger partial charge in [-0.3, -0.25) is 4.79 Å². The van der Waals surface area contributed by atoms with Crippen LogP contribution in [0, 0.1) is 23.2 Å². The topological polar surface area (TPSA) is 35.5 Å². The van der Waals surface area contributed by atoms with Gasteiger partial charge in [-0.1, -0.05) is 26.7 Å². The maximum Gasteiger partial charge on any atom is 0.147 e. The monoisotopic (exact) mass is 324 g/mol. The van der Waals surface area contributed by atoms with E-state index in [1.54, 1.807) is 7.11 Å². The molecule has 2 fully saturated rings. The van der Waals surface area contributed by atoms with Crippen molar-refractivity contribution in [3.63, 3.8) is 0 Å². The number of methoxy groups -OCH3 is 1. The van der Waals surface area contributed by atoms with Crippen LogP contribution in [0.15, 0.2) is 0 Å². The van der Waals surface area contributed by atoms with Gasteiger partial charge in [-0.25, -0.2) is 0 Å². The molecular weight excluding hydrogens is 288 g/mol. The second-order valence-electron chi connectivity index (χ2n) is 8.74. The zero-order valence-corrected chi connectivity index (χ0v) is 15.8. The summed E-state index contributed by atoms with van der Waals surface area (Å²) in [5.74, 6) is 2.32. The van der Waals surface area contributed by atoms with Crippen LogP contribution in [-0.4, -0.2) is 25.3 Å². The second kappa shape index (κ2) is 7.65. The number of ether oxygens (including phenoxy) is 2. The molecule has 0 bridgehead atoms. The molecule has 0 N–H and O–H groups in total. The molecule has 0 aromatic heterocycles. The molecular formula is C20H36O3. The van der Waals surface area contributed by atoms with E-state index >= 15 is 0 Å². The standard InChI is InChI=1S/C20H36O3/c1-15(8-6-12-19(2,3)23-14-22-5)16-10-11-17-18(21)9-7-13-20(16,17)4/h15-17H,6-14H2,1-5H3/t15-,16-,17+,20-/m1/s1. The normalized spacial score (nSPS) is 32.8. The zero-order chi connectivity index (χ0) is 17.1. The van der Waals surface area contributed by atoms with E-state index in [1.807, 2.05) is 0 Å². The van der Waals surface area contributed by atoms with E-state index in [2.05, 4.69) is 27.7 Å². The van der Waals surface area contributed by atoms with Crippen LogP contribution in [0.5, 0.6) is 0 Å². The highest BCUT2D eigenvalue weighted by Gasteiger charge is 2.52. The highest BCUT2D eigenvalue weighted by Crippen LogP contribution is 2.57. The zero-order valence-electron chi connectivity index (χ0n) is 15.8. The van der Waals surface area contributed by atoms with E-state index in [1.165, 1.54) is 25.7 Å². The van der Waals surface area contributed by atoms with Gasteiger partial charge in [-0.05, 0) is 63.2 Å². The van der Waals surface area contributed by atoms with Crippen LogP contribution >= 0.6 is 0 Å². The van der Waals surface area contributed by atoms with Crippen molar-refractivity contribution in [3.05, 3.63) is 0 Å². The largest absolute Gasteiger partial charge is 0.359 e. The first-order chi connectivity index (χ1) is 10.8. The number of carbonyl (C=O) groups is 1. The number of fused-ring (bicyclic) bond motifs is 1. The first-order valence-electron chi connectivity index (χ1n) is 9.46. The third kappa shape index (κ3) is 4.36. The summed E-state index contributed by atoms with van der Waals surface area (Å²) < 4.78 is 10.8. The molecule has 134 valence electrons. The number of rotatable bonds is 8. The average Bonchev–Trinajstić information content (AvgIpc) is 2.83. The Labute approximate surface area is 142 Å². The summed E-state index contributed by atoms with van der Waals surface area (Å²) in [4.78, 5) is 12.3. The van der Waals surface area contributed by atoms with Crippen molar-refractivity contribution >= 4 is 5.78 Å². The van der Waals surface area contributed by atoms with Crippen LogP contribution in [0.4, 0.5) is 0 Å². The number of hydrogen-bond donors (Lipinski definition) is 0. The lowest BCUT2D eigenvalue weighted by molar-refractivity contribution is -0.130. The molecule has 0 amide bonds. The highest BCUT2D eigenvalue weighted by atomic mass is 16.7. The van der Waals surface area contributed by atoms with E-state index in [9.17, 15) is 4.79 Å². The Morgan fingerprint density at radius 2 is 2.09 bits per heavy atom. The Balaban J connectivity index is 1.84. The number of carbonyl (C=O) groups excluding carboxylic acids is 1. The molecule has 0 unspecified atom stereocenters. The van der Waals surface area contributed by atoms with Gasteiger partial charge >= 0.3 is 0 Å². The number of Topliss-reactive ketones (excluding diaryl/α,β-unsaturated/α-hetero) is 1. The van der Waals surface area contributed by atoms with Gasteiger partial charge in [0.05, 0.1) is 5.60 Å². The van der Waals surface area contributed by atoms with E-state index in [4.69, 9.17) is 9.47 Å². The minimum atomic E-state index is -0.112. The SMILES string of the molecule is COCOC(C)(C)CCC[C@@H](C)[C@H]1CC[C@H]2C(=O)CCC[C@]12C. The van der Waals surface area contributed by atoms with Gasteiger partial charge in [0.25, 0.3) is 0 Å². The van der Waals surface area contributed by atoms with Crippen LogP contribution in [0.1, 0.15) is 79.1 Å². The molecule has 0 spiro atoms. The predicted molar refractivity (Wildman–Crippen MR) is 93.2 cm³/mol. The second-order valence-corrected chi connectivity index (χ2v) is 8.74. The van der Waals surface area contributed by atoms with Crippen molar-refractivity contribution in [1.82, 2.24) is 0 Å². The molecule has 3 nitrogen and oxygen atoms in total. The first-order valence-corrected chi connectivity index (χ1v) is 9.46. The molecule has 2 aliphatic carbocycles. The lowest BCUT2D eigenvalue weighted by Gasteiger charge is -2.42. The van der Waals surface area contributed by atoms with Crippen molar-refractivity contribution in [2.24, 2.45) is 23.2 Å². The van der Waals surface area contributed by atoms with Gasteiger partial charge in [0.1, 0.15) is 12.6 Å². The maximum absolute atomic E-state index is 12.3. The van der Waals surface area contributed by atoms with E-state index in [0.29, 0.717) is 24.4 Å². The molecule has 0 heterocycles. The maximum atomic E-state index is 12.3. The third-order valence-electron chi connectivity index (χ3n) is 6.63. The molecule has 2 aliphatic rings. The average molecular weight is 325 g/mol. The van der Waals surface area contributed by atoms with Crippen molar-refractivity contribution < 1.29 is 14.3 Å². The lowest BCUT2D eigenvalue weighted by Crippen LogP contribution is -2.39. The summed E-state index contributed by atoms with van der Waals surface area (Å²) in [7, 11) is 1.67. The summed E-state index contributed by atoms with van der Waals surface area (Å²) in [5, 5.41) is 0. The smallest absolute Gasteiger partial charge is 0.147 e. The van der Waals surface area contributed by atoms with Gasteiger partial charge in [-0.15, -0.1) is 0 Å².